The molecule has 1 heterocycles. The van der Waals surface area contributed by atoms with Crippen LogP contribution in [0.5, 0.6) is 0 Å². The van der Waals surface area contributed by atoms with Crippen molar-refractivity contribution in [1.29, 1.82) is 0 Å². The fraction of sp³-hybridized carbons (Fsp3) is 1.00. The van der Waals surface area contributed by atoms with E-state index in [9.17, 15) is 5.11 Å². The van der Waals surface area contributed by atoms with Crippen LogP contribution >= 0.6 is 0 Å². The lowest BCUT2D eigenvalue weighted by Gasteiger charge is -2.37. The third-order valence-corrected chi connectivity index (χ3v) is 4.58. The van der Waals surface area contributed by atoms with Gasteiger partial charge in [0.05, 0.1) is 19.3 Å². The van der Waals surface area contributed by atoms with Gasteiger partial charge in [0.15, 0.2) is 0 Å². The van der Waals surface area contributed by atoms with E-state index in [4.69, 9.17) is 4.74 Å². The zero-order chi connectivity index (χ0) is 13.0. The predicted molar refractivity (Wildman–Crippen MR) is 72.7 cm³/mol. The minimum atomic E-state index is -0.0283. The van der Waals surface area contributed by atoms with Gasteiger partial charge >= 0.3 is 0 Å². The van der Waals surface area contributed by atoms with E-state index in [0.29, 0.717) is 12.1 Å². The molecule has 0 bridgehead atoms. The molecular weight excluding hydrogens is 228 g/mol. The zero-order valence-electron chi connectivity index (χ0n) is 11.8. The molecule has 2 rings (SSSR count). The Morgan fingerprint density at radius 2 is 2.28 bits per heavy atom. The second kappa shape index (κ2) is 6.33. The smallest absolute Gasteiger partial charge is 0.0700 e. The first-order chi connectivity index (χ1) is 8.73. The van der Waals surface area contributed by atoms with Crippen molar-refractivity contribution in [2.75, 3.05) is 32.8 Å². The lowest BCUT2D eigenvalue weighted by Crippen LogP contribution is -2.50. The van der Waals surface area contributed by atoms with Crippen LogP contribution in [0.4, 0.5) is 0 Å². The highest BCUT2D eigenvalue weighted by Gasteiger charge is 2.41. The summed E-state index contributed by atoms with van der Waals surface area (Å²) >= 11 is 0. The average molecular weight is 256 g/mol. The van der Waals surface area contributed by atoms with Crippen molar-refractivity contribution in [1.82, 2.24) is 10.2 Å². The Morgan fingerprint density at radius 1 is 1.44 bits per heavy atom. The molecule has 1 saturated carbocycles. The first-order valence-corrected chi connectivity index (χ1v) is 7.44. The van der Waals surface area contributed by atoms with Gasteiger partial charge in [-0.25, -0.2) is 0 Å². The summed E-state index contributed by atoms with van der Waals surface area (Å²) in [6, 6.07) is 0.620. The monoisotopic (exact) mass is 256 g/mol. The van der Waals surface area contributed by atoms with Gasteiger partial charge in [-0.15, -0.1) is 0 Å². The maximum Gasteiger partial charge on any atom is 0.0700 e. The van der Waals surface area contributed by atoms with Crippen LogP contribution in [0.1, 0.15) is 39.5 Å². The van der Waals surface area contributed by atoms with Gasteiger partial charge in [-0.05, 0) is 32.2 Å². The summed E-state index contributed by atoms with van der Waals surface area (Å²) < 4.78 is 5.74. The average Bonchev–Trinajstić information content (AvgIpc) is 2.84. The van der Waals surface area contributed by atoms with Gasteiger partial charge in [-0.2, -0.15) is 0 Å². The van der Waals surface area contributed by atoms with Crippen LogP contribution in [0.25, 0.3) is 0 Å². The molecule has 4 nitrogen and oxygen atoms in total. The van der Waals surface area contributed by atoms with E-state index in [1.165, 1.54) is 6.42 Å². The zero-order valence-corrected chi connectivity index (χ0v) is 11.8. The quantitative estimate of drug-likeness (QED) is 0.770. The molecule has 0 amide bonds. The van der Waals surface area contributed by atoms with Gasteiger partial charge in [0.1, 0.15) is 0 Å². The van der Waals surface area contributed by atoms with Crippen molar-refractivity contribution < 1.29 is 9.84 Å². The van der Waals surface area contributed by atoms with E-state index in [-0.39, 0.29) is 12.1 Å². The Morgan fingerprint density at radius 3 is 2.94 bits per heavy atom. The lowest BCUT2D eigenvalue weighted by atomic mass is 9.98. The molecule has 2 N–H and O–H groups in total. The minimum Gasteiger partial charge on any atom is -0.394 e. The number of rotatable bonds is 5. The van der Waals surface area contributed by atoms with E-state index in [1.807, 2.05) is 0 Å². The second-order valence-electron chi connectivity index (χ2n) is 5.76. The van der Waals surface area contributed by atoms with Gasteiger partial charge < -0.3 is 15.2 Å². The SMILES string of the molecule is CCNC1(CO)CCC(N2CCOC(CC)C2)C1. The number of aliphatic hydroxyl groups is 1. The van der Waals surface area contributed by atoms with Crippen molar-refractivity contribution in [2.45, 2.75) is 57.2 Å². The van der Waals surface area contributed by atoms with Gasteiger partial charge in [-0.3, -0.25) is 4.90 Å². The van der Waals surface area contributed by atoms with E-state index in [0.717, 1.165) is 45.5 Å². The fourth-order valence-electron chi connectivity index (χ4n) is 3.47. The first kappa shape index (κ1) is 14.3. The highest BCUT2D eigenvalue weighted by molar-refractivity contribution is 4.99. The summed E-state index contributed by atoms with van der Waals surface area (Å²) in [5.41, 5.74) is -0.0283. The molecule has 2 aliphatic rings. The van der Waals surface area contributed by atoms with Crippen LogP contribution in [0, 0.1) is 0 Å². The molecule has 4 heteroatoms. The molecule has 18 heavy (non-hydrogen) atoms. The second-order valence-corrected chi connectivity index (χ2v) is 5.76. The Hall–Kier alpha value is -0.160. The molecular formula is C14H28N2O2. The number of aliphatic hydroxyl groups excluding tert-OH is 1. The van der Waals surface area contributed by atoms with Crippen molar-refractivity contribution in [2.24, 2.45) is 0 Å². The molecule has 3 atom stereocenters. The summed E-state index contributed by atoms with van der Waals surface area (Å²) in [5, 5.41) is 13.2. The van der Waals surface area contributed by atoms with Crippen molar-refractivity contribution in [3.05, 3.63) is 0 Å². The number of hydrogen-bond donors (Lipinski definition) is 2. The molecule has 106 valence electrons. The third-order valence-electron chi connectivity index (χ3n) is 4.58. The van der Waals surface area contributed by atoms with Gasteiger partial charge in [0.2, 0.25) is 0 Å². The Bertz CT molecular complexity index is 262. The fourth-order valence-corrected chi connectivity index (χ4v) is 3.47. The van der Waals surface area contributed by atoms with Gasteiger partial charge in [0.25, 0.3) is 0 Å². The largest absolute Gasteiger partial charge is 0.394 e. The molecule has 0 radical (unpaired) electrons. The lowest BCUT2D eigenvalue weighted by molar-refractivity contribution is -0.0447. The van der Waals surface area contributed by atoms with Crippen LogP contribution in [-0.2, 0) is 4.74 Å². The Balaban J connectivity index is 1.91. The molecule has 3 unspecified atom stereocenters. The summed E-state index contributed by atoms with van der Waals surface area (Å²) in [7, 11) is 0. The number of ether oxygens (including phenoxy) is 1. The van der Waals surface area contributed by atoms with E-state index in [2.05, 4.69) is 24.1 Å². The molecule has 1 aliphatic carbocycles. The molecule has 0 spiro atoms. The highest BCUT2D eigenvalue weighted by Crippen LogP contribution is 2.33. The van der Waals surface area contributed by atoms with E-state index in [1.54, 1.807) is 0 Å². The molecule has 2 fully saturated rings. The molecule has 1 aliphatic heterocycles. The van der Waals surface area contributed by atoms with Crippen LogP contribution < -0.4 is 5.32 Å². The summed E-state index contributed by atoms with van der Waals surface area (Å²) in [5.74, 6) is 0. The number of morpholine rings is 1. The molecule has 1 saturated heterocycles. The maximum absolute atomic E-state index is 9.66. The van der Waals surface area contributed by atoms with Gasteiger partial charge in [0, 0.05) is 24.7 Å². The number of likely N-dealkylation sites (N-methyl/N-ethyl adjacent to an activating group) is 1. The maximum atomic E-state index is 9.66. The van der Waals surface area contributed by atoms with Crippen molar-refractivity contribution in [3.8, 4) is 0 Å². The van der Waals surface area contributed by atoms with E-state index < -0.39 is 0 Å². The summed E-state index contributed by atoms with van der Waals surface area (Å²) in [6.07, 6.45) is 4.87. The minimum absolute atomic E-state index is 0.0283. The Labute approximate surface area is 111 Å². The Kier molecular flexibility index (Phi) is 5.01. The predicted octanol–water partition coefficient (Wildman–Crippen LogP) is 0.990. The van der Waals surface area contributed by atoms with Gasteiger partial charge in [-0.1, -0.05) is 13.8 Å². The highest BCUT2D eigenvalue weighted by atomic mass is 16.5. The van der Waals surface area contributed by atoms with Crippen LogP contribution in [-0.4, -0.2) is 60.5 Å². The summed E-state index contributed by atoms with van der Waals surface area (Å²) in [4.78, 5) is 2.58. The van der Waals surface area contributed by atoms with Crippen LogP contribution in [0.3, 0.4) is 0 Å². The number of hydrogen-bond acceptors (Lipinski definition) is 4. The van der Waals surface area contributed by atoms with Crippen molar-refractivity contribution in [3.63, 3.8) is 0 Å². The van der Waals surface area contributed by atoms with Crippen LogP contribution in [0.15, 0.2) is 0 Å². The van der Waals surface area contributed by atoms with Crippen LogP contribution in [0.2, 0.25) is 0 Å². The normalized spacial score (nSPS) is 38.2. The third kappa shape index (κ3) is 3.05. The number of nitrogens with one attached hydrogen (secondary N) is 1. The van der Waals surface area contributed by atoms with E-state index >= 15 is 0 Å². The summed E-state index contributed by atoms with van der Waals surface area (Å²) in [6.45, 7) is 8.49. The standard InChI is InChI=1S/C14H28N2O2/c1-3-13-10-16(7-8-18-13)12-5-6-14(9-12,11-17)15-4-2/h12-13,15,17H,3-11H2,1-2H3. The molecule has 0 aromatic heterocycles. The molecule has 0 aromatic carbocycles. The topological polar surface area (TPSA) is 44.7 Å². The number of nitrogens with zero attached hydrogens (tertiary/aromatic N) is 1. The first-order valence-electron chi connectivity index (χ1n) is 7.44. The molecule has 0 aromatic rings. The van der Waals surface area contributed by atoms with Crippen molar-refractivity contribution >= 4 is 0 Å².